The van der Waals surface area contributed by atoms with Crippen LogP contribution in [0.2, 0.25) is 0 Å². The summed E-state index contributed by atoms with van der Waals surface area (Å²) >= 11 is 0. The molecule has 1 aromatic carbocycles. The van der Waals surface area contributed by atoms with Crippen molar-refractivity contribution in [2.45, 2.75) is 91.2 Å². The molecule has 0 radical (unpaired) electrons. The van der Waals surface area contributed by atoms with Gasteiger partial charge in [-0.2, -0.15) is 0 Å². The highest BCUT2D eigenvalue weighted by Gasteiger charge is 2.40. The van der Waals surface area contributed by atoms with Gasteiger partial charge >= 0.3 is 6.09 Å². The molecule has 230 valence electrons. The molecule has 2 aromatic rings. The first-order valence-corrected chi connectivity index (χ1v) is 15.1. The number of aryl methyl sites for hydroxylation is 2. The van der Waals surface area contributed by atoms with Gasteiger partial charge in [0.2, 0.25) is 5.91 Å². The number of aromatic nitrogens is 3. The van der Waals surface area contributed by atoms with Gasteiger partial charge in [0.05, 0.1) is 23.3 Å². The predicted octanol–water partition coefficient (Wildman–Crippen LogP) is 3.28. The average molecular weight is 583 g/mol. The molecule has 42 heavy (non-hydrogen) atoms. The standard InChI is InChI=1S/C31H46N6O5/c1-20(2)17-36(25-16-23(28(32)39)18-35(19-25)30(41)42-31(3,4)5)29(40)27-26(11-6-7-14-38)37(34-33-27)24-13-12-21-9-8-10-22(21)15-24/h12-13,15,20,23,25,38H,6-11,14,16-19H2,1-5H3,(H2,32,39)/t23-,25+/m1/s1. The topological polar surface area (TPSA) is 144 Å². The van der Waals surface area contributed by atoms with Crippen molar-refractivity contribution in [3.8, 4) is 5.69 Å². The van der Waals surface area contributed by atoms with E-state index < -0.39 is 29.6 Å². The molecule has 1 aromatic heterocycles. The van der Waals surface area contributed by atoms with Gasteiger partial charge in [-0.25, -0.2) is 9.48 Å². The number of nitrogens with zero attached hydrogens (tertiary/aromatic N) is 5. The number of likely N-dealkylation sites (tertiary alicyclic amines) is 1. The Hall–Kier alpha value is -3.47. The number of hydrogen-bond donors (Lipinski definition) is 2. The van der Waals surface area contributed by atoms with Crippen LogP contribution in [0.25, 0.3) is 5.69 Å². The molecule has 2 atom stereocenters. The number of nitrogens with two attached hydrogens (primary N) is 1. The third kappa shape index (κ3) is 7.48. The van der Waals surface area contributed by atoms with Crippen LogP contribution in [0.3, 0.4) is 0 Å². The largest absolute Gasteiger partial charge is 0.444 e. The van der Waals surface area contributed by atoms with E-state index in [0.29, 0.717) is 37.9 Å². The molecule has 11 heteroatoms. The number of aliphatic hydroxyl groups excluding tert-OH is 1. The zero-order valence-electron chi connectivity index (χ0n) is 25.6. The summed E-state index contributed by atoms with van der Waals surface area (Å²) in [4.78, 5) is 43.0. The van der Waals surface area contributed by atoms with E-state index in [1.165, 1.54) is 16.0 Å². The lowest BCUT2D eigenvalue weighted by molar-refractivity contribution is -0.124. The lowest BCUT2D eigenvalue weighted by atomic mass is 9.92. The Labute approximate surface area is 248 Å². The minimum atomic E-state index is -0.709. The van der Waals surface area contributed by atoms with Crippen molar-refractivity contribution in [2.75, 3.05) is 26.2 Å². The van der Waals surface area contributed by atoms with E-state index >= 15 is 0 Å². The number of rotatable bonds is 10. The van der Waals surface area contributed by atoms with Gasteiger partial charge in [-0.1, -0.05) is 25.1 Å². The number of benzene rings is 1. The number of ether oxygens (including phenoxy) is 1. The van der Waals surface area contributed by atoms with Crippen LogP contribution in [0.4, 0.5) is 4.79 Å². The summed E-state index contributed by atoms with van der Waals surface area (Å²) in [5.41, 5.74) is 9.46. The fourth-order valence-electron chi connectivity index (χ4n) is 5.90. The van der Waals surface area contributed by atoms with Crippen LogP contribution >= 0.6 is 0 Å². The SMILES string of the molecule is CC(C)CN(C(=O)c1nnn(-c2ccc3c(c2)CCC3)c1CCCCO)[C@H]1C[C@@H](C(N)=O)CN(C(=O)OC(C)(C)C)C1. The van der Waals surface area contributed by atoms with E-state index in [4.69, 9.17) is 10.5 Å². The Kier molecular flexibility index (Phi) is 9.91. The first-order chi connectivity index (χ1) is 19.9. The van der Waals surface area contributed by atoms with Gasteiger partial charge in [-0.05, 0) is 94.9 Å². The number of amides is 3. The van der Waals surface area contributed by atoms with Crippen molar-refractivity contribution in [3.05, 3.63) is 40.7 Å². The molecule has 1 fully saturated rings. The van der Waals surface area contributed by atoms with Crippen molar-refractivity contribution in [2.24, 2.45) is 17.6 Å². The Bertz CT molecular complexity index is 1280. The maximum absolute atomic E-state index is 14.4. The fourth-order valence-corrected chi connectivity index (χ4v) is 5.90. The van der Waals surface area contributed by atoms with Gasteiger partial charge in [-0.3, -0.25) is 9.59 Å². The highest BCUT2D eigenvalue weighted by molar-refractivity contribution is 5.94. The van der Waals surface area contributed by atoms with Crippen molar-refractivity contribution >= 4 is 17.9 Å². The molecule has 1 aliphatic heterocycles. The molecular weight excluding hydrogens is 536 g/mol. The van der Waals surface area contributed by atoms with E-state index in [1.54, 1.807) is 30.4 Å². The Morgan fingerprint density at radius 1 is 1.14 bits per heavy atom. The Morgan fingerprint density at radius 3 is 2.55 bits per heavy atom. The van der Waals surface area contributed by atoms with Gasteiger partial charge in [0.25, 0.3) is 5.91 Å². The van der Waals surface area contributed by atoms with Gasteiger partial charge in [0.15, 0.2) is 5.69 Å². The lowest BCUT2D eigenvalue weighted by Gasteiger charge is -2.42. The summed E-state index contributed by atoms with van der Waals surface area (Å²) in [5, 5.41) is 18.3. The summed E-state index contributed by atoms with van der Waals surface area (Å²) in [6.07, 6.45) is 4.78. The molecule has 1 saturated heterocycles. The number of carbonyl (C=O) groups excluding carboxylic acids is 3. The monoisotopic (exact) mass is 582 g/mol. The van der Waals surface area contributed by atoms with Crippen molar-refractivity contribution in [3.63, 3.8) is 0 Å². The molecule has 4 rings (SSSR count). The van der Waals surface area contributed by atoms with Crippen LogP contribution in [0.1, 0.15) is 87.6 Å². The summed E-state index contributed by atoms with van der Waals surface area (Å²) in [7, 11) is 0. The van der Waals surface area contributed by atoms with Crippen LogP contribution in [0.15, 0.2) is 18.2 Å². The third-order valence-electron chi connectivity index (χ3n) is 7.86. The minimum absolute atomic E-state index is 0.0558. The third-order valence-corrected chi connectivity index (χ3v) is 7.86. The maximum atomic E-state index is 14.4. The van der Waals surface area contributed by atoms with Crippen LogP contribution < -0.4 is 5.73 Å². The number of piperidine rings is 1. The van der Waals surface area contributed by atoms with E-state index in [2.05, 4.69) is 22.4 Å². The van der Waals surface area contributed by atoms with Gasteiger partial charge in [0, 0.05) is 26.2 Å². The molecular formula is C31H46N6O5. The molecule has 0 saturated carbocycles. The zero-order chi connectivity index (χ0) is 30.6. The van der Waals surface area contributed by atoms with E-state index in [-0.39, 0.29) is 37.2 Å². The summed E-state index contributed by atoms with van der Waals surface area (Å²) in [5.74, 6) is -1.32. The number of aliphatic hydroxyl groups is 1. The highest BCUT2D eigenvalue weighted by Crippen LogP contribution is 2.28. The van der Waals surface area contributed by atoms with E-state index in [1.807, 2.05) is 19.9 Å². The number of carbonyl (C=O) groups is 3. The number of unbranched alkanes of at least 4 members (excludes halogenated alkanes) is 1. The Morgan fingerprint density at radius 2 is 1.88 bits per heavy atom. The first kappa shape index (κ1) is 31.5. The van der Waals surface area contributed by atoms with E-state index in [9.17, 15) is 19.5 Å². The molecule has 0 spiro atoms. The second kappa shape index (κ2) is 13.2. The number of fused-ring (bicyclic) bond motifs is 1. The van der Waals surface area contributed by atoms with Crippen molar-refractivity contribution in [1.29, 1.82) is 0 Å². The van der Waals surface area contributed by atoms with Crippen LogP contribution in [-0.4, -0.2) is 85.7 Å². The van der Waals surface area contributed by atoms with Crippen LogP contribution in [-0.2, 0) is 28.8 Å². The fraction of sp³-hybridized carbons (Fsp3) is 0.645. The predicted molar refractivity (Wildman–Crippen MR) is 158 cm³/mol. The number of hydrogen-bond acceptors (Lipinski definition) is 7. The van der Waals surface area contributed by atoms with Crippen LogP contribution in [0.5, 0.6) is 0 Å². The summed E-state index contributed by atoms with van der Waals surface area (Å²) < 4.78 is 7.35. The quantitative estimate of drug-likeness (QED) is 0.409. The van der Waals surface area contributed by atoms with Gasteiger partial charge < -0.3 is 25.4 Å². The summed E-state index contributed by atoms with van der Waals surface area (Å²) in [6, 6.07) is 5.81. The highest BCUT2D eigenvalue weighted by atomic mass is 16.6. The lowest BCUT2D eigenvalue weighted by Crippen LogP contribution is -2.57. The molecule has 2 heterocycles. The number of primary amides is 1. The van der Waals surface area contributed by atoms with Gasteiger partial charge in [0.1, 0.15) is 5.60 Å². The Balaban J connectivity index is 1.69. The van der Waals surface area contributed by atoms with Gasteiger partial charge in [-0.15, -0.1) is 5.10 Å². The van der Waals surface area contributed by atoms with Crippen LogP contribution in [0, 0.1) is 11.8 Å². The molecule has 3 N–H and O–H groups in total. The minimum Gasteiger partial charge on any atom is -0.444 e. The molecule has 0 unspecified atom stereocenters. The second-order valence-electron chi connectivity index (χ2n) is 13.0. The molecule has 0 bridgehead atoms. The summed E-state index contributed by atoms with van der Waals surface area (Å²) in [6.45, 7) is 10.2. The van der Waals surface area contributed by atoms with E-state index in [0.717, 1.165) is 24.9 Å². The van der Waals surface area contributed by atoms with Crippen molar-refractivity contribution < 1.29 is 24.2 Å². The van der Waals surface area contributed by atoms with Crippen molar-refractivity contribution in [1.82, 2.24) is 24.8 Å². The zero-order valence-corrected chi connectivity index (χ0v) is 25.6. The average Bonchev–Trinajstić information content (AvgIpc) is 3.57. The molecule has 2 aliphatic rings. The smallest absolute Gasteiger partial charge is 0.410 e. The maximum Gasteiger partial charge on any atom is 0.410 e. The second-order valence-corrected chi connectivity index (χ2v) is 13.0. The molecule has 3 amide bonds. The first-order valence-electron chi connectivity index (χ1n) is 15.1. The molecule has 11 nitrogen and oxygen atoms in total. The molecule has 1 aliphatic carbocycles. The normalized spacial score (nSPS) is 18.7.